The molecule has 0 saturated carbocycles. The van der Waals surface area contributed by atoms with E-state index in [1.54, 1.807) is 6.07 Å². The van der Waals surface area contributed by atoms with Crippen LogP contribution in [0.3, 0.4) is 0 Å². The van der Waals surface area contributed by atoms with Crippen LogP contribution in [0, 0.1) is 5.92 Å². The number of benzene rings is 1. The first-order valence-corrected chi connectivity index (χ1v) is 8.78. The summed E-state index contributed by atoms with van der Waals surface area (Å²) in [6.45, 7) is 6.81. The summed E-state index contributed by atoms with van der Waals surface area (Å²) in [5.41, 5.74) is 0.686. The molecule has 0 aliphatic carbocycles. The molecule has 0 atom stereocenters. The fourth-order valence-corrected chi connectivity index (χ4v) is 3.68. The Morgan fingerprint density at radius 1 is 1.04 bits per heavy atom. The van der Waals surface area contributed by atoms with E-state index in [2.05, 4.69) is 4.90 Å². The van der Waals surface area contributed by atoms with Gasteiger partial charge in [0.05, 0.1) is 13.2 Å². The van der Waals surface area contributed by atoms with Crippen LogP contribution in [0.15, 0.2) is 18.2 Å². The molecule has 0 radical (unpaired) electrons. The zero-order valence-electron chi connectivity index (χ0n) is 13.9. The quantitative estimate of drug-likeness (QED) is 0.841. The number of fused-ring (bicyclic) bond motifs is 1. The van der Waals surface area contributed by atoms with Crippen LogP contribution >= 0.6 is 0 Å². The maximum atomic E-state index is 12.7. The smallest absolute Gasteiger partial charge is 0.253 e. The van der Waals surface area contributed by atoms with E-state index in [1.807, 2.05) is 17.0 Å². The molecule has 24 heavy (non-hydrogen) atoms. The van der Waals surface area contributed by atoms with Crippen molar-refractivity contribution < 1.29 is 19.0 Å². The molecule has 0 N–H and O–H groups in total. The van der Waals surface area contributed by atoms with Crippen LogP contribution in [0.1, 0.15) is 23.2 Å². The largest absolute Gasteiger partial charge is 0.454 e. The number of carbonyl (C=O) groups is 1. The molecule has 1 aromatic carbocycles. The number of hydrogen-bond donors (Lipinski definition) is 0. The number of hydrogen-bond acceptors (Lipinski definition) is 5. The van der Waals surface area contributed by atoms with Gasteiger partial charge in [-0.25, -0.2) is 0 Å². The Morgan fingerprint density at radius 2 is 1.79 bits per heavy atom. The van der Waals surface area contributed by atoms with Crippen molar-refractivity contribution in [3.05, 3.63) is 23.8 Å². The standard InChI is InChI=1S/C18H24N2O4/c21-18(15-1-2-16-17(11-15)24-13-23-16)20-5-3-14(4-6-20)12-19-7-9-22-10-8-19/h1-2,11,14H,3-10,12-13H2. The highest BCUT2D eigenvalue weighted by molar-refractivity contribution is 5.95. The first-order valence-electron chi connectivity index (χ1n) is 8.78. The van der Waals surface area contributed by atoms with Gasteiger partial charge in [0, 0.05) is 38.3 Å². The van der Waals surface area contributed by atoms with Crippen molar-refractivity contribution in [2.75, 3.05) is 52.7 Å². The lowest BCUT2D eigenvalue weighted by Gasteiger charge is -2.36. The number of nitrogens with zero attached hydrogens (tertiary/aromatic N) is 2. The lowest BCUT2D eigenvalue weighted by Crippen LogP contribution is -2.44. The third kappa shape index (κ3) is 3.35. The van der Waals surface area contributed by atoms with Crippen LogP contribution in [-0.4, -0.2) is 68.4 Å². The lowest BCUT2D eigenvalue weighted by molar-refractivity contribution is 0.0243. The predicted octanol–water partition coefficient (Wildman–Crippen LogP) is 1.60. The Morgan fingerprint density at radius 3 is 2.58 bits per heavy atom. The molecule has 3 aliphatic heterocycles. The molecular weight excluding hydrogens is 308 g/mol. The van der Waals surface area contributed by atoms with Gasteiger partial charge in [-0.3, -0.25) is 9.69 Å². The van der Waals surface area contributed by atoms with Gasteiger partial charge in [0.2, 0.25) is 6.79 Å². The van der Waals surface area contributed by atoms with Crippen LogP contribution in [0.25, 0.3) is 0 Å². The highest BCUT2D eigenvalue weighted by atomic mass is 16.7. The molecule has 0 aromatic heterocycles. The van der Waals surface area contributed by atoms with Crippen molar-refractivity contribution in [2.24, 2.45) is 5.92 Å². The van der Waals surface area contributed by atoms with Crippen molar-refractivity contribution in [2.45, 2.75) is 12.8 Å². The highest BCUT2D eigenvalue weighted by Gasteiger charge is 2.26. The summed E-state index contributed by atoms with van der Waals surface area (Å²) in [6.07, 6.45) is 2.15. The normalized spacial score (nSPS) is 21.9. The fraction of sp³-hybridized carbons (Fsp3) is 0.611. The minimum atomic E-state index is 0.0955. The Labute approximate surface area is 142 Å². The molecular formula is C18H24N2O4. The van der Waals surface area contributed by atoms with E-state index in [0.717, 1.165) is 64.5 Å². The summed E-state index contributed by atoms with van der Waals surface area (Å²) in [5.74, 6) is 2.17. The van der Waals surface area contributed by atoms with Crippen LogP contribution in [0.5, 0.6) is 11.5 Å². The number of rotatable bonds is 3. The molecule has 130 valence electrons. The number of likely N-dealkylation sites (tertiary alicyclic amines) is 1. The highest BCUT2D eigenvalue weighted by Crippen LogP contribution is 2.33. The molecule has 1 amide bonds. The Balaban J connectivity index is 1.31. The number of morpholine rings is 1. The van der Waals surface area contributed by atoms with Crippen LogP contribution < -0.4 is 9.47 Å². The van der Waals surface area contributed by atoms with Crippen molar-refractivity contribution in [1.29, 1.82) is 0 Å². The summed E-state index contributed by atoms with van der Waals surface area (Å²) in [4.78, 5) is 17.2. The lowest BCUT2D eigenvalue weighted by atomic mass is 9.95. The molecule has 1 aromatic rings. The third-order valence-electron chi connectivity index (χ3n) is 5.14. The van der Waals surface area contributed by atoms with Gasteiger partial charge < -0.3 is 19.1 Å². The monoisotopic (exact) mass is 332 g/mol. The summed E-state index contributed by atoms with van der Waals surface area (Å²) in [6, 6.07) is 5.45. The maximum absolute atomic E-state index is 12.7. The molecule has 3 heterocycles. The maximum Gasteiger partial charge on any atom is 0.253 e. The van der Waals surface area contributed by atoms with Gasteiger partial charge in [-0.1, -0.05) is 0 Å². The van der Waals surface area contributed by atoms with Crippen molar-refractivity contribution in [3.63, 3.8) is 0 Å². The van der Waals surface area contributed by atoms with Crippen LogP contribution in [0.2, 0.25) is 0 Å². The van der Waals surface area contributed by atoms with E-state index < -0.39 is 0 Å². The van der Waals surface area contributed by atoms with Gasteiger partial charge in [0.15, 0.2) is 11.5 Å². The van der Waals surface area contributed by atoms with E-state index >= 15 is 0 Å². The molecule has 0 bridgehead atoms. The van der Waals surface area contributed by atoms with Crippen LogP contribution in [-0.2, 0) is 4.74 Å². The molecule has 0 spiro atoms. The summed E-state index contributed by atoms with van der Waals surface area (Å²) >= 11 is 0. The average Bonchev–Trinajstić information content (AvgIpc) is 3.10. The summed E-state index contributed by atoms with van der Waals surface area (Å²) in [5, 5.41) is 0. The second-order valence-corrected chi connectivity index (χ2v) is 6.72. The fourth-order valence-electron chi connectivity index (χ4n) is 3.68. The second-order valence-electron chi connectivity index (χ2n) is 6.72. The van der Waals surface area contributed by atoms with Crippen molar-refractivity contribution >= 4 is 5.91 Å². The van der Waals surface area contributed by atoms with Gasteiger partial charge in [-0.05, 0) is 37.0 Å². The zero-order valence-corrected chi connectivity index (χ0v) is 13.9. The predicted molar refractivity (Wildman–Crippen MR) is 88.5 cm³/mol. The van der Waals surface area contributed by atoms with E-state index in [-0.39, 0.29) is 12.7 Å². The summed E-state index contributed by atoms with van der Waals surface area (Å²) in [7, 11) is 0. The molecule has 4 rings (SSSR count). The van der Waals surface area contributed by atoms with Crippen LogP contribution in [0.4, 0.5) is 0 Å². The van der Waals surface area contributed by atoms with E-state index in [0.29, 0.717) is 17.2 Å². The van der Waals surface area contributed by atoms with Crippen molar-refractivity contribution in [1.82, 2.24) is 9.80 Å². The van der Waals surface area contributed by atoms with E-state index in [1.165, 1.54) is 0 Å². The Kier molecular flexibility index (Phi) is 4.58. The van der Waals surface area contributed by atoms with Gasteiger partial charge in [-0.15, -0.1) is 0 Å². The minimum Gasteiger partial charge on any atom is -0.454 e. The molecule has 6 heteroatoms. The minimum absolute atomic E-state index is 0.0955. The number of piperidine rings is 1. The van der Waals surface area contributed by atoms with Crippen molar-refractivity contribution in [3.8, 4) is 11.5 Å². The SMILES string of the molecule is O=C(c1ccc2c(c1)OCO2)N1CCC(CN2CCOCC2)CC1. The third-order valence-corrected chi connectivity index (χ3v) is 5.14. The number of carbonyl (C=O) groups excluding carboxylic acids is 1. The Hall–Kier alpha value is -1.79. The van der Waals surface area contributed by atoms with E-state index in [4.69, 9.17) is 14.2 Å². The molecule has 0 unspecified atom stereocenters. The van der Waals surface area contributed by atoms with Gasteiger partial charge >= 0.3 is 0 Å². The van der Waals surface area contributed by atoms with Gasteiger partial charge in [0.1, 0.15) is 0 Å². The summed E-state index contributed by atoms with van der Waals surface area (Å²) < 4.78 is 16.1. The topological polar surface area (TPSA) is 51.2 Å². The molecule has 6 nitrogen and oxygen atoms in total. The molecule has 3 aliphatic rings. The second kappa shape index (κ2) is 6.99. The van der Waals surface area contributed by atoms with E-state index in [9.17, 15) is 4.79 Å². The first-order chi connectivity index (χ1) is 11.8. The average molecular weight is 332 g/mol. The molecule has 2 fully saturated rings. The number of amides is 1. The zero-order chi connectivity index (χ0) is 16.4. The first kappa shape index (κ1) is 15.7. The van der Waals surface area contributed by atoms with Gasteiger partial charge in [0.25, 0.3) is 5.91 Å². The van der Waals surface area contributed by atoms with Gasteiger partial charge in [-0.2, -0.15) is 0 Å². The number of ether oxygens (including phenoxy) is 3. The molecule has 2 saturated heterocycles. The Bertz CT molecular complexity index is 593.